The minimum Gasteiger partial charge on any atom is -0.383 e. The zero-order valence-corrected chi connectivity index (χ0v) is 10.6. The molecule has 1 N–H and O–H groups in total. The maximum Gasteiger partial charge on any atom is 0.0668 e. The molecule has 16 heavy (non-hydrogen) atoms. The van der Waals surface area contributed by atoms with Gasteiger partial charge in [-0.15, -0.1) is 0 Å². The van der Waals surface area contributed by atoms with Gasteiger partial charge in [-0.2, -0.15) is 5.10 Å². The molecular formula is C12H21N3O. The zero-order chi connectivity index (χ0) is 12.0. The van der Waals surface area contributed by atoms with E-state index in [1.165, 1.54) is 11.3 Å². The molecule has 0 spiro atoms. The van der Waals surface area contributed by atoms with E-state index in [0.29, 0.717) is 0 Å². The predicted molar refractivity (Wildman–Crippen MR) is 66.5 cm³/mol. The Bertz CT molecular complexity index is 355. The summed E-state index contributed by atoms with van der Waals surface area (Å²) in [5, 5.41) is 7.63. The van der Waals surface area contributed by atoms with Gasteiger partial charge in [-0.25, -0.2) is 0 Å². The van der Waals surface area contributed by atoms with Crippen LogP contribution in [0.5, 0.6) is 0 Å². The second-order valence-electron chi connectivity index (χ2n) is 3.81. The number of rotatable bonds is 6. The summed E-state index contributed by atoms with van der Waals surface area (Å²) < 4.78 is 6.86. The van der Waals surface area contributed by atoms with Crippen molar-refractivity contribution in [2.24, 2.45) is 7.05 Å². The molecule has 0 bridgehead atoms. The SMILES string of the molecule is COCCNCC=Cc1c(C)nn(C)c1C. The highest BCUT2D eigenvalue weighted by Gasteiger charge is 2.04. The van der Waals surface area contributed by atoms with Crippen molar-refractivity contribution in [2.75, 3.05) is 26.8 Å². The topological polar surface area (TPSA) is 39.1 Å². The molecule has 0 radical (unpaired) electrons. The van der Waals surface area contributed by atoms with E-state index in [9.17, 15) is 0 Å². The highest BCUT2D eigenvalue weighted by atomic mass is 16.5. The molecule has 4 nitrogen and oxygen atoms in total. The van der Waals surface area contributed by atoms with Gasteiger partial charge < -0.3 is 10.1 Å². The Labute approximate surface area is 97.3 Å². The van der Waals surface area contributed by atoms with Gasteiger partial charge in [0.1, 0.15) is 0 Å². The minimum absolute atomic E-state index is 0.749. The minimum atomic E-state index is 0.749. The number of aryl methyl sites for hydroxylation is 2. The number of hydrogen-bond donors (Lipinski definition) is 1. The van der Waals surface area contributed by atoms with E-state index < -0.39 is 0 Å². The van der Waals surface area contributed by atoms with E-state index in [1.54, 1.807) is 7.11 Å². The third-order valence-electron chi connectivity index (χ3n) is 2.59. The fourth-order valence-electron chi connectivity index (χ4n) is 1.57. The highest BCUT2D eigenvalue weighted by Crippen LogP contribution is 2.13. The molecular weight excluding hydrogens is 202 g/mol. The number of nitrogens with one attached hydrogen (secondary N) is 1. The van der Waals surface area contributed by atoms with Crippen LogP contribution in [0.25, 0.3) is 6.08 Å². The lowest BCUT2D eigenvalue weighted by molar-refractivity contribution is 0.200. The average Bonchev–Trinajstić information content (AvgIpc) is 2.49. The second kappa shape index (κ2) is 6.45. The molecule has 0 aliphatic carbocycles. The summed E-state index contributed by atoms with van der Waals surface area (Å²) in [7, 11) is 3.68. The van der Waals surface area contributed by atoms with Gasteiger partial charge in [0, 0.05) is 38.5 Å². The number of methoxy groups -OCH3 is 1. The van der Waals surface area contributed by atoms with Crippen LogP contribution in [-0.2, 0) is 11.8 Å². The molecule has 0 aliphatic rings. The second-order valence-corrected chi connectivity index (χ2v) is 3.81. The van der Waals surface area contributed by atoms with Crippen LogP contribution in [0.1, 0.15) is 17.0 Å². The van der Waals surface area contributed by atoms with Crippen LogP contribution in [0, 0.1) is 13.8 Å². The normalized spacial score (nSPS) is 11.5. The Hall–Kier alpha value is -1.13. The quantitative estimate of drug-likeness (QED) is 0.739. The summed E-state index contributed by atoms with van der Waals surface area (Å²) in [6, 6.07) is 0. The Morgan fingerprint density at radius 3 is 2.75 bits per heavy atom. The van der Waals surface area contributed by atoms with Crippen molar-refractivity contribution in [2.45, 2.75) is 13.8 Å². The predicted octanol–water partition coefficient (Wildman–Crippen LogP) is 1.29. The molecule has 1 rings (SSSR count). The van der Waals surface area contributed by atoms with E-state index in [1.807, 2.05) is 18.7 Å². The van der Waals surface area contributed by atoms with E-state index in [4.69, 9.17) is 4.74 Å². The lowest BCUT2D eigenvalue weighted by atomic mass is 10.2. The van der Waals surface area contributed by atoms with Crippen molar-refractivity contribution < 1.29 is 4.74 Å². The molecule has 1 aromatic heterocycles. The summed E-state index contributed by atoms with van der Waals surface area (Å²) in [5.41, 5.74) is 3.50. The van der Waals surface area contributed by atoms with Crippen molar-refractivity contribution in [3.63, 3.8) is 0 Å². The van der Waals surface area contributed by atoms with E-state index in [0.717, 1.165) is 25.4 Å². The molecule has 0 saturated heterocycles. The van der Waals surface area contributed by atoms with Gasteiger partial charge in [0.05, 0.1) is 12.3 Å². The van der Waals surface area contributed by atoms with Gasteiger partial charge in [-0.3, -0.25) is 4.68 Å². The van der Waals surface area contributed by atoms with Crippen molar-refractivity contribution in [3.05, 3.63) is 23.0 Å². The number of ether oxygens (including phenoxy) is 1. The van der Waals surface area contributed by atoms with E-state index >= 15 is 0 Å². The lowest BCUT2D eigenvalue weighted by Crippen LogP contribution is -2.18. The van der Waals surface area contributed by atoms with Gasteiger partial charge in [0.25, 0.3) is 0 Å². The van der Waals surface area contributed by atoms with Gasteiger partial charge >= 0.3 is 0 Å². The highest BCUT2D eigenvalue weighted by molar-refractivity contribution is 5.54. The van der Waals surface area contributed by atoms with Crippen LogP contribution >= 0.6 is 0 Å². The summed E-state index contributed by atoms with van der Waals surface area (Å²) in [6.07, 6.45) is 4.24. The van der Waals surface area contributed by atoms with Gasteiger partial charge in [-0.1, -0.05) is 12.2 Å². The van der Waals surface area contributed by atoms with Crippen LogP contribution in [0.4, 0.5) is 0 Å². The van der Waals surface area contributed by atoms with Crippen molar-refractivity contribution in [3.8, 4) is 0 Å². The maximum absolute atomic E-state index is 4.95. The van der Waals surface area contributed by atoms with Crippen LogP contribution in [-0.4, -0.2) is 36.6 Å². The third kappa shape index (κ3) is 3.47. The molecule has 0 unspecified atom stereocenters. The number of hydrogen-bond acceptors (Lipinski definition) is 3. The Morgan fingerprint density at radius 2 is 2.19 bits per heavy atom. The molecule has 1 aromatic rings. The van der Waals surface area contributed by atoms with Gasteiger partial charge in [-0.05, 0) is 13.8 Å². The van der Waals surface area contributed by atoms with Gasteiger partial charge in [0.2, 0.25) is 0 Å². The number of nitrogens with zero attached hydrogens (tertiary/aromatic N) is 2. The molecule has 0 atom stereocenters. The molecule has 0 amide bonds. The first-order chi connectivity index (χ1) is 7.66. The summed E-state index contributed by atoms with van der Waals surface area (Å²) >= 11 is 0. The lowest BCUT2D eigenvalue weighted by Gasteiger charge is -1.99. The molecule has 90 valence electrons. The van der Waals surface area contributed by atoms with Crippen molar-refractivity contribution >= 4 is 6.08 Å². The summed E-state index contributed by atoms with van der Waals surface area (Å²) in [5.74, 6) is 0. The fraction of sp³-hybridized carbons (Fsp3) is 0.583. The largest absolute Gasteiger partial charge is 0.383 e. The Morgan fingerprint density at radius 1 is 1.44 bits per heavy atom. The van der Waals surface area contributed by atoms with Crippen molar-refractivity contribution in [1.29, 1.82) is 0 Å². The van der Waals surface area contributed by atoms with E-state index in [2.05, 4.69) is 29.5 Å². The monoisotopic (exact) mass is 223 g/mol. The maximum atomic E-state index is 4.95. The molecule has 0 aliphatic heterocycles. The first-order valence-electron chi connectivity index (χ1n) is 5.53. The first kappa shape index (κ1) is 12.9. The molecule has 0 fully saturated rings. The van der Waals surface area contributed by atoms with Crippen LogP contribution in [0.15, 0.2) is 6.08 Å². The summed E-state index contributed by atoms with van der Waals surface area (Å²) in [4.78, 5) is 0. The van der Waals surface area contributed by atoms with E-state index in [-0.39, 0.29) is 0 Å². The molecule has 1 heterocycles. The molecule has 0 saturated carbocycles. The molecule has 0 aromatic carbocycles. The smallest absolute Gasteiger partial charge is 0.0668 e. The van der Waals surface area contributed by atoms with Crippen LogP contribution < -0.4 is 5.32 Å². The zero-order valence-electron chi connectivity index (χ0n) is 10.6. The first-order valence-corrected chi connectivity index (χ1v) is 5.53. The standard InChI is InChI=1S/C12H21N3O/c1-10-12(11(2)15(3)14-10)6-5-7-13-8-9-16-4/h5-6,13H,7-9H2,1-4H3. The molecule has 4 heteroatoms. The average molecular weight is 223 g/mol. The van der Waals surface area contributed by atoms with Gasteiger partial charge in [0.15, 0.2) is 0 Å². The number of aromatic nitrogens is 2. The van der Waals surface area contributed by atoms with Crippen molar-refractivity contribution in [1.82, 2.24) is 15.1 Å². The fourth-order valence-corrected chi connectivity index (χ4v) is 1.57. The Balaban J connectivity index is 2.44. The summed E-state index contributed by atoms with van der Waals surface area (Å²) in [6.45, 7) is 6.60. The third-order valence-corrected chi connectivity index (χ3v) is 2.59. The van der Waals surface area contributed by atoms with Crippen LogP contribution in [0.2, 0.25) is 0 Å². The Kier molecular flexibility index (Phi) is 5.22. The van der Waals surface area contributed by atoms with Crippen LogP contribution in [0.3, 0.4) is 0 Å².